The number of hydrogen-bond acceptors (Lipinski definition) is 1. The maximum absolute atomic E-state index is 12.6. The van der Waals surface area contributed by atoms with E-state index in [-0.39, 0.29) is 5.82 Å². The monoisotopic (exact) mass is 276 g/mol. The molecule has 0 nitrogen and oxygen atoms in total. The molecular weight excluding hydrogens is 263 g/mol. The summed E-state index contributed by atoms with van der Waals surface area (Å²) in [6, 6.07) is 6.69. The summed E-state index contributed by atoms with van der Waals surface area (Å²) in [5.41, 5.74) is 0. The van der Waals surface area contributed by atoms with Crippen molar-refractivity contribution in [2.75, 3.05) is 11.1 Å². The van der Waals surface area contributed by atoms with Gasteiger partial charge in [-0.3, -0.25) is 0 Å². The van der Waals surface area contributed by atoms with Crippen LogP contribution in [0.2, 0.25) is 0 Å². The molecule has 0 aliphatic heterocycles. The van der Waals surface area contributed by atoms with Crippen LogP contribution in [0.15, 0.2) is 29.2 Å². The second-order valence-electron chi connectivity index (χ2n) is 3.19. The zero-order chi connectivity index (χ0) is 10.4. The number of thioether (sulfide) groups is 1. The minimum Gasteiger partial charge on any atom is -0.207 e. The summed E-state index contributed by atoms with van der Waals surface area (Å²) in [6.07, 6.45) is 1.18. The van der Waals surface area contributed by atoms with Crippen molar-refractivity contribution in [3.8, 4) is 0 Å². The fraction of sp³-hybridized carbons (Fsp3) is 0.455. The van der Waals surface area contributed by atoms with Crippen molar-refractivity contribution in [3.63, 3.8) is 0 Å². The normalized spacial score (nSPS) is 12.8. The lowest BCUT2D eigenvalue weighted by atomic mass is 10.2. The second kappa shape index (κ2) is 6.46. The molecule has 0 spiro atoms. The van der Waals surface area contributed by atoms with Crippen LogP contribution < -0.4 is 0 Å². The Morgan fingerprint density at radius 3 is 2.50 bits per heavy atom. The van der Waals surface area contributed by atoms with Gasteiger partial charge >= 0.3 is 0 Å². The van der Waals surface area contributed by atoms with Gasteiger partial charge in [-0.2, -0.15) is 0 Å². The molecule has 0 saturated heterocycles. The molecule has 0 bridgehead atoms. The SMILES string of the molecule is CCC(CBr)CSc1ccc(F)cc1. The largest absolute Gasteiger partial charge is 0.207 e. The van der Waals surface area contributed by atoms with Crippen LogP contribution in [0.5, 0.6) is 0 Å². The van der Waals surface area contributed by atoms with E-state index in [0.717, 1.165) is 16.0 Å². The standard InChI is InChI=1S/C11H14BrFS/c1-2-9(7-12)8-14-11-5-3-10(13)4-6-11/h3-6,9H,2,7-8H2,1H3. The van der Waals surface area contributed by atoms with E-state index in [4.69, 9.17) is 0 Å². The maximum atomic E-state index is 12.6. The minimum atomic E-state index is -0.165. The van der Waals surface area contributed by atoms with Crippen molar-refractivity contribution in [3.05, 3.63) is 30.1 Å². The second-order valence-corrected chi connectivity index (χ2v) is 4.93. The van der Waals surface area contributed by atoms with E-state index < -0.39 is 0 Å². The summed E-state index contributed by atoms with van der Waals surface area (Å²) < 4.78 is 12.6. The third kappa shape index (κ3) is 4.01. The summed E-state index contributed by atoms with van der Waals surface area (Å²) >= 11 is 5.28. The average Bonchev–Trinajstić information content (AvgIpc) is 2.22. The summed E-state index contributed by atoms with van der Waals surface area (Å²) in [6.45, 7) is 2.19. The van der Waals surface area contributed by atoms with Gasteiger partial charge in [0.25, 0.3) is 0 Å². The molecule has 0 amide bonds. The van der Waals surface area contributed by atoms with Crippen LogP contribution in [0.3, 0.4) is 0 Å². The summed E-state index contributed by atoms with van der Waals surface area (Å²) in [5, 5.41) is 1.04. The van der Waals surface area contributed by atoms with Gasteiger partial charge in [0.2, 0.25) is 0 Å². The Bertz CT molecular complexity index is 256. The minimum absolute atomic E-state index is 0.165. The van der Waals surface area contributed by atoms with Gasteiger partial charge in [-0.25, -0.2) is 4.39 Å². The fourth-order valence-corrected chi connectivity index (χ4v) is 3.12. The molecule has 1 atom stereocenters. The highest BCUT2D eigenvalue weighted by Gasteiger charge is 2.04. The zero-order valence-corrected chi connectivity index (χ0v) is 10.6. The maximum Gasteiger partial charge on any atom is 0.123 e. The van der Waals surface area contributed by atoms with Crippen LogP contribution in [0.25, 0.3) is 0 Å². The molecule has 0 radical (unpaired) electrons. The van der Waals surface area contributed by atoms with E-state index in [1.165, 1.54) is 18.6 Å². The Labute approximate surface area is 97.4 Å². The van der Waals surface area contributed by atoms with Crippen molar-refractivity contribution < 1.29 is 4.39 Å². The molecule has 1 aromatic carbocycles. The number of alkyl halides is 1. The fourth-order valence-electron chi connectivity index (χ4n) is 1.02. The lowest BCUT2D eigenvalue weighted by molar-refractivity contribution is 0.626. The van der Waals surface area contributed by atoms with Crippen molar-refractivity contribution >= 4 is 27.7 Å². The molecule has 1 unspecified atom stereocenters. The van der Waals surface area contributed by atoms with Crippen molar-refractivity contribution in [2.45, 2.75) is 18.2 Å². The number of hydrogen-bond donors (Lipinski definition) is 0. The van der Waals surface area contributed by atoms with E-state index in [9.17, 15) is 4.39 Å². The Kier molecular flexibility index (Phi) is 5.56. The highest BCUT2D eigenvalue weighted by atomic mass is 79.9. The molecule has 0 saturated carbocycles. The molecule has 0 aromatic heterocycles. The number of rotatable bonds is 5. The molecule has 0 N–H and O–H groups in total. The molecule has 0 fully saturated rings. The first-order valence-corrected chi connectivity index (χ1v) is 6.81. The van der Waals surface area contributed by atoms with E-state index in [1.807, 2.05) is 12.1 Å². The van der Waals surface area contributed by atoms with Crippen LogP contribution in [-0.4, -0.2) is 11.1 Å². The van der Waals surface area contributed by atoms with Gasteiger partial charge in [-0.15, -0.1) is 11.8 Å². The van der Waals surface area contributed by atoms with Gasteiger partial charge in [0.15, 0.2) is 0 Å². The molecule has 0 aliphatic carbocycles. The molecule has 3 heteroatoms. The Hall–Kier alpha value is -0.0200. The van der Waals surface area contributed by atoms with E-state index >= 15 is 0 Å². The van der Waals surface area contributed by atoms with Crippen molar-refractivity contribution in [1.29, 1.82) is 0 Å². The van der Waals surface area contributed by atoms with Gasteiger partial charge in [-0.05, 0) is 30.2 Å². The van der Waals surface area contributed by atoms with Crippen LogP contribution in [0.4, 0.5) is 4.39 Å². The molecule has 0 heterocycles. The molecule has 78 valence electrons. The van der Waals surface area contributed by atoms with Gasteiger partial charge in [0, 0.05) is 16.0 Å². The van der Waals surface area contributed by atoms with Crippen molar-refractivity contribution in [2.24, 2.45) is 5.92 Å². The molecule has 1 aromatic rings. The number of halogens is 2. The smallest absolute Gasteiger partial charge is 0.123 e. The highest BCUT2D eigenvalue weighted by Crippen LogP contribution is 2.23. The first-order valence-electron chi connectivity index (χ1n) is 4.70. The van der Waals surface area contributed by atoms with Crippen LogP contribution in [0, 0.1) is 11.7 Å². The molecule has 14 heavy (non-hydrogen) atoms. The topological polar surface area (TPSA) is 0 Å². The Morgan fingerprint density at radius 2 is 2.00 bits per heavy atom. The van der Waals surface area contributed by atoms with Crippen LogP contribution in [0.1, 0.15) is 13.3 Å². The van der Waals surface area contributed by atoms with Gasteiger partial charge in [0.1, 0.15) is 5.82 Å². The lowest BCUT2D eigenvalue weighted by Crippen LogP contribution is -2.02. The third-order valence-corrected chi connectivity index (χ3v) is 4.25. The molecular formula is C11H14BrFS. The first-order chi connectivity index (χ1) is 6.76. The average molecular weight is 277 g/mol. The van der Waals surface area contributed by atoms with E-state index in [0.29, 0.717) is 5.92 Å². The van der Waals surface area contributed by atoms with E-state index in [1.54, 1.807) is 11.8 Å². The Balaban J connectivity index is 2.41. The molecule has 1 rings (SSSR count). The summed E-state index contributed by atoms with van der Waals surface area (Å²) in [4.78, 5) is 1.14. The quantitative estimate of drug-likeness (QED) is 0.570. The first kappa shape index (κ1) is 12.1. The lowest BCUT2D eigenvalue weighted by Gasteiger charge is -2.10. The molecule has 0 aliphatic rings. The Morgan fingerprint density at radius 1 is 1.36 bits per heavy atom. The van der Waals surface area contributed by atoms with Gasteiger partial charge in [0.05, 0.1) is 0 Å². The zero-order valence-electron chi connectivity index (χ0n) is 8.17. The highest BCUT2D eigenvalue weighted by molar-refractivity contribution is 9.09. The van der Waals surface area contributed by atoms with Gasteiger partial charge < -0.3 is 0 Å². The number of benzene rings is 1. The third-order valence-electron chi connectivity index (χ3n) is 2.09. The van der Waals surface area contributed by atoms with E-state index in [2.05, 4.69) is 22.9 Å². The summed E-state index contributed by atoms with van der Waals surface area (Å²) in [7, 11) is 0. The summed E-state index contributed by atoms with van der Waals surface area (Å²) in [5.74, 6) is 1.62. The van der Waals surface area contributed by atoms with Crippen LogP contribution in [-0.2, 0) is 0 Å². The van der Waals surface area contributed by atoms with Crippen LogP contribution >= 0.6 is 27.7 Å². The van der Waals surface area contributed by atoms with Crippen molar-refractivity contribution in [1.82, 2.24) is 0 Å². The van der Waals surface area contributed by atoms with Gasteiger partial charge in [-0.1, -0.05) is 29.3 Å². The predicted octanol–water partition coefficient (Wildman–Crippen LogP) is 4.34. The predicted molar refractivity (Wildman–Crippen MR) is 64.7 cm³/mol.